The molecule has 0 aromatic heterocycles. The summed E-state index contributed by atoms with van der Waals surface area (Å²) in [5.74, 6) is 0. The zero-order valence-electron chi connectivity index (χ0n) is 11.7. The van der Waals surface area contributed by atoms with Gasteiger partial charge >= 0.3 is 6.03 Å². The Morgan fingerprint density at radius 2 is 2.12 bits per heavy atom. The van der Waals surface area contributed by atoms with E-state index in [9.17, 15) is 4.79 Å². The lowest BCUT2D eigenvalue weighted by molar-refractivity contribution is 0.183. The van der Waals surface area contributed by atoms with Gasteiger partial charge in [-0.15, -0.1) is 0 Å². The molecule has 0 unspecified atom stereocenters. The predicted octanol–water partition coefficient (Wildman–Crippen LogP) is 1.96. The highest BCUT2D eigenvalue weighted by Gasteiger charge is 2.22. The monoisotopic (exact) mass is 241 g/mol. The second kappa shape index (κ2) is 6.24. The number of carbonyl (C=O) groups excluding carboxylic acids is 1. The molecule has 4 heteroatoms. The topological polar surface area (TPSA) is 44.4 Å². The highest BCUT2D eigenvalue weighted by atomic mass is 16.2. The Hall–Kier alpha value is -0.770. The molecule has 0 aromatic rings. The molecule has 0 bridgehead atoms. The maximum absolute atomic E-state index is 11.8. The van der Waals surface area contributed by atoms with Crippen LogP contribution in [-0.4, -0.2) is 42.1 Å². The van der Waals surface area contributed by atoms with Crippen LogP contribution in [0.1, 0.15) is 47.0 Å². The number of hydrogen-bond donors (Lipinski definition) is 2. The smallest absolute Gasteiger partial charge is 0.315 e. The lowest BCUT2D eigenvalue weighted by Crippen LogP contribution is -2.53. The summed E-state index contributed by atoms with van der Waals surface area (Å²) in [5, 5.41) is 6.02. The van der Waals surface area contributed by atoms with Gasteiger partial charge in [0.15, 0.2) is 0 Å². The summed E-state index contributed by atoms with van der Waals surface area (Å²) in [5.41, 5.74) is -0.165. The number of nitrogens with one attached hydrogen (secondary N) is 2. The van der Waals surface area contributed by atoms with E-state index in [1.165, 1.54) is 19.4 Å². The highest BCUT2D eigenvalue weighted by Crippen LogP contribution is 2.10. The van der Waals surface area contributed by atoms with E-state index < -0.39 is 0 Å². The van der Waals surface area contributed by atoms with E-state index in [0.29, 0.717) is 6.04 Å². The Morgan fingerprint density at radius 3 is 2.71 bits per heavy atom. The van der Waals surface area contributed by atoms with Gasteiger partial charge in [0.05, 0.1) is 0 Å². The molecule has 0 saturated carbocycles. The van der Waals surface area contributed by atoms with Gasteiger partial charge in [-0.3, -0.25) is 0 Å². The molecule has 0 aromatic carbocycles. The zero-order valence-corrected chi connectivity index (χ0v) is 11.7. The summed E-state index contributed by atoms with van der Waals surface area (Å²) < 4.78 is 0. The van der Waals surface area contributed by atoms with Gasteiger partial charge in [-0.1, -0.05) is 6.92 Å². The number of hydrogen-bond acceptors (Lipinski definition) is 2. The van der Waals surface area contributed by atoms with Gasteiger partial charge < -0.3 is 15.5 Å². The number of urea groups is 1. The molecule has 1 aliphatic heterocycles. The van der Waals surface area contributed by atoms with E-state index in [1.807, 2.05) is 20.8 Å². The van der Waals surface area contributed by atoms with E-state index in [2.05, 4.69) is 22.5 Å². The van der Waals surface area contributed by atoms with Gasteiger partial charge in [-0.25, -0.2) is 4.79 Å². The number of amides is 2. The second-order valence-electron chi connectivity index (χ2n) is 5.99. The summed E-state index contributed by atoms with van der Waals surface area (Å²) in [4.78, 5) is 14.2. The number of rotatable bonds is 3. The Labute approximate surface area is 105 Å². The average molecular weight is 241 g/mol. The van der Waals surface area contributed by atoms with E-state index >= 15 is 0 Å². The molecule has 1 atom stereocenters. The summed E-state index contributed by atoms with van der Waals surface area (Å²) in [6.45, 7) is 11.5. The van der Waals surface area contributed by atoms with Crippen LogP contribution in [0.4, 0.5) is 4.79 Å². The molecule has 1 saturated heterocycles. The van der Waals surface area contributed by atoms with Gasteiger partial charge in [0.1, 0.15) is 0 Å². The molecule has 1 rings (SSSR count). The zero-order chi connectivity index (χ0) is 12.9. The Kier molecular flexibility index (Phi) is 5.25. The Morgan fingerprint density at radius 1 is 1.41 bits per heavy atom. The first kappa shape index (κ1) is 14.3. The van der Waals surface area contributed by atoms with Crippen molar-refractivity contribution in [3.63, 3.8) is 0 Å². The lowest BCUT2D eigenvalue weighted by Gasteiger charge is -2.33. The third kappa shape index (κ3) is 5.91. The Balaban J connectivity index is 2.33. The van der Waals surface area contributed by atoms with Crippen LogP contribution in [0.25, 0.3) is 0 Å². The third-order valence-electron chi connectivity index (χ3n) is 2.87. The van der Waals surface area contributed by atoms with Crippen LogP contribution in [0, 0.1) is 0 Å². The molecule has 1 aliphatic rings. The van der Waals surface area contributed by atoms with Crippen LogP contribution in [0.3, 0.4) is 0 Å². The van der Waals surface area contributed by atoms with Gasteiger partial charge in [0.2, 0.25) is 0 Å². The fourth-order valence-corrected chi connectivity index (χ4v) is 2.25. The van der Waals surface area contributed by atoms with E-state index in [4.69, 9.17) is 0 Å². The van der Waals surface area contributed by atoms with Crippen molar-refractivity contribution < 1.29 is 4.79 Å². The van der Waals surface area contributed by atoms with Crippen molar-refractivity contribution in [3.05, 3.63) is 0 Å². The molecule has 0 radical (unpaired) electrons. The molecular formula is C13H27N3O. The molecule has 2 N–H and O–H groups in total. The highest BCUT2D eigenvalue weighted by molar-refractivity contribution is 5.75. The average Bonchev–Trinajstić information content (AvgIpc) is 2.15. The second-order valence-corrected chi connectivity index (χ2v) is 5.99. The van der Waals surface area contributed by atoms with Crippen molar-refractivity contribution in [1.82, 2.24) is 15.5 Å². The minimum Gasteiger partial charge on any atom is -0.334 e. The van der Waals surface area contributed by atoms with Crippen molar-refractivity contribution in [2.45, 2.75) is 58.5 Å². The Bertz CT molecular complexity index is 246. The molecule has 1 heterocycles. The van der Waals surface area contributed by atoms with Crippen molar-refractivity contribution in [3.8, 4) is 0 Å². The summed E-state index contributed by atoms with van der Waals surface area (Å²) in [6, 6.07) is 0.262. The largest absolute Gasteiger partial charge is 0.334 e. The third-order valence-corrected chi connectivity index (χ3v) is 2.87. The minimum atomic E-state index is -0.165. The predicted molar refractivity (Wildman–Crippen MR) is 71.2 cm³/mol. The number of piperidine rings is 1. The van der Waals surface area contributed by atoms with Gasteiger partial charge in [-0.05, 0) is 53.1 Å². The van der Waals surface area contributed by atoms with Crippen molar-refractivity contribution in [2.24, 2.45) is 0 Å². The molecular weight excluding hydrogens is 214 g/mol. The maximum atomic E-state index is 11.8. The normalized spacial score (nSPS) is 22.2. The first-order valence-corrected chi connectivity index (χ1v) is 6.72. The molecule has 1 fully saturated rings. The molecule has 4 nitrogen and oxygen atoms in total. The fraction of sp³-hybridized carbons (Fsp3) is 0.923. The van der Waals surface area contributed by atoms with Crippen molar-refractivity contribution in [2.75, 3.05) is 19.6 Å². The SMILES string of the molecule is CCCN1CCC[C@@H](NC(=O)NC(C)(C)C)C1. The van der Waals surface area contributed by atoms with Crippen LogP contribution < -0.4 is 10.6 Å². The van der Waals surface area contributed by atoms with Crippen LogP contribution >= 0.6 is 0 Å². The molecule has 0 spiro atoms. The minimum absolute atomic E-state index is 0.0409. The summed E-state index contributed by atoms with van der Waals surface area (Å²) in [7, 11) is 0. The van der Waals surface area contributed by atoms with Crippen LogP contribution in [-0.2, 0) is 0 Å². The fourth-order valence-electron chi connectivity index (χ4n) is 2.25. The molecule has 17 heavy (non-hydrogen) atoms. The number of likely N-dealkylation sites (tertiary alicyclic amines) is 1. The first-order chi connectivity index (χ1) is 7.90. The van der Waals surface area contributed by atoms with Crippen LogP contribution in [0.2, 0.25) is 0 Å². The summed E-state index contributed by atoms with van der Waals surface area (Å²) >= 11 is 0. The summed E-state index contributed by atoms with van der Waals surface area (Å²) in [6.07, 6.45) is 3.46. The van der Waals surface area contributed by atoms with E-state index in [1.54, 1.807) is 0 Å². The maximum Gasteiger partial charge on any atom is 0.315 e. The molecule has 100 valence electrons. The van der Waals surface area contributed by atoms with Crippen molar-refractivity contribution >= 4 is 6.03 Å². The number of nitrogens with zero attached hydrogens (tertiary/aromatic N) is 1. The van der Waals surface area contributed by atoms with Gasteiger partial charge in [-0.2, -0.15) is 0 Å². The number of carbonyl (C=O) groups is 1. The standard InChI is InChI=1S/C13H27N3O/c1-5-8-16-9-6-7-11(10-16)14-12(17)15-13(2,3)4/h11H,5-10H2,1-4H3,(H2,14,15,17)/t11-/m1/s1. The van der Waals surface area contributed by atoms with Crippen LogP contribution in [0.15, 0.2) is 0 Å². The van der Waals surface area contributed by atoms with Gasteiger partial charge in [0, 0.05) is 18.1 Å². The molecule has 0 aliphatic carbocycles. The first-order valence-electron chi connectivity index (χ1n) is 6.72. The van der Waals surface area contributed by atoms with Gasteiger partial charge in [0.25, 0.3) is 0 Å². The van der Waals surface area contributed by atoms with Crippen molar-refractivity contribution in [1.29, 1.82) is 0 Å². The quantitative estimate of drug-likeness (QED) is 0.793. The lowest BCUT2D eigenvalue weighted by atomic mass is 10.1. The molecule has 2 amide bonds. The van der Waals surface area contributed by atoms with E-state index in [-0.39, 0.29) is 11.6 Å². The van der Waals surface area contributed by atoms with E-state index in [0.717, 1.165) is 19.5 Å². The van der Waals surface area contributed by atoms with Crippen LogP contribution in [0.5, 0.6) is 0 Å².